The minimum atomic E-state index is 0.119. The smallest absolute Gasteiger partial charge is 0.0683 e. The predicted molar refractivity (Wildman–Crippen MR) is 388 cm³/mol. The first kappa shape index (κ1) is 69.3. The average Bonchev–Trinajstić information content (AvgIpc) is 4.40. The molecule has 0 amide bonds. The molecule has 444 valence electrons. The van der Waals surface area contributed by atoms with Crippen LogP contribution in [0.4, 0.5) is 0 Å². The fourth-order valence-electron chi connectivity index (χ4n) is 9.63. The summed E-state index contributed by atoms with van der Waals surface area (Å²) in [5.41, 5.74) is 4.87. The Kier molecular flexibility index (Phi) is 29.9. The lowest BCUT2D eigenvalue weighted by Crippen LogP contribution is -2.17. The van der Waals surface area contributed by atoms with Crippen molar-refractivity contribution in [3.05, 3.63) is 222 Å². The molecule has 1 fully saturated rings. The fraction of sp³-hybridized carbons (Fsp3) is 0.410. The summed E-state index contributed by atoms with van der Waals surface area (Å²) >= 11 is 0. The third-order valence-corrected chi connectivity index (χ3v) is 26.0. The predicted octanol–water partition coefficient (Wildman–Crippen LogP) is 24.3. The van der Waals surface area contributed by atoms with Gasteiger partial charge in [-0.25, -0.2) is 0 Å². The first-order valence-electron chi connectivity index (χ1n) is 31.3. The molecule has 2 atom stereocenters. The van der Waals surface area contributed by atoms with E-state index in [1.54, 1.807) is 4.90 Å². The average molecular weight is 1210 g/mol. The molecule has 0 N–H and O–H groups in total. The Morgan fingerprint density at radius 2 is 0.687 bits per heavy atom. The van der Waals surface area contributed by atoms with E-state index in [9.17, 15) is 0 Å². The van der Waals surface area contributed by atoms with Crippen LogP contribution in [0, 0.1) is 0 Å². The van der Waals surface area contributed by atoms with Gasteiger partial charge >= 0.3 is 0 Å². The van der Waals surface area contributed by atoms with Gasteiger partial charge in [-0.05, 0) is 167 Å². The number of hydrogen-bond acceptors (Lipinski definition) is 0. The van der Waals surface area contributed by atoms with Gasteiger partial charge in [-0.15, -0.1) is 0 Å². The normalized spacial score (nSPS) is 13.1. The van der Waals surface area contributed by atoms with Crippen molar-refractivity contribution in [1.82, 2.24) is 0 Å². The highest BCUT2D eigenvalue weighted by atomic mass is 32.2. The minimum absolute atomic E-state index is 0.119. The Hall–Kier alpha value is -4.49. The monoisotopic (exact) mass is 1200 g/mol. The molecule has 2 aromatic heterocycles. The summed E-state index contributed by atoms with van der Waals surface area (Å²) in [7, 11) is 1.77. The van der Waals surface area contributed by atoms with Gasteiger partial charge in [-0.3, -0.25) is 0 Å². The topological polar surface area (TPSA) is 0 Å². The molecule has 0 nitrogen and oxygen atoms in total. The summed E-state index contributed by atoms with van der Waals surface area (Å²) in [6.07, 6.45) is 15.2. The van der Waals surface area contributed by atoms with E-state index >= 15 is 0 Å². The van der Waals surface area contributed by atoms with Crippen LogP contribution in [0.1, 0.15) is 171 Å². The summed E-state index contributed by atoms with van der Waals surface area (Å²) in [6.45, 7) is 31.3. The molecule has 0 aliphatic carbocycles. The van der Waals surface area contributed by atoms with Gasteiger partial charge in [0, 0.05) is 54.7 Å². The van der Waals surface area contributed by atoms with Crippen LogP contribution in [-0.2, 0) is 48.9 Å². The van der Waals surface area contributed by atoms with E-state index in [-0.39, 0.29) is 48.1 Å². The fourth-order valence-corrected chi connectivity index (χ4v) is 19.8. The largest absolute Gasteiger partial charge is 0.186 e. The SMILES string of the molecule is CC.CC(C)(C)c1ccc(-[s+]2ccc3ccccc32)cc1.CCCC[S+](CCCC)CCCC.C[S+](c1ccc(C(C)(C)C)cc1)c1ccc(C(C)(C)C)cc1.c1ccc(-[s+]2ccc3ccccc32)cc1.c1ccc([S+]2CCCCC2)cc1. The van der Waals surface area contributed by atoms with E-state index in [0.717, 1.165) is 10.9 Å². The number of benzene rings is 7. The van der Waals surface area contributed by atoms with Crippen LogP contribution in [0.15, 0.2) is 220 Å². The molecule has 3 heterocycles. The molecule has 9 aromatic rings. The molecular weight excluding hydrogens is 1100 g/mol. The van der Waals surface area contributed by atoms with Crippen molar-refractivity contribution in [1.29, 1.82) is 0 Å². The number of thiophene rings is 2. The van der Waals surface area contributed by atoms with E-state index < -0.39 is 0 Å². The highest BCUT2D eigenvalue weighted by molar-refractivity contribution is 7.97. The Morgan fingerprint density at radius 1 is 0.361 bits per heavy atom. The van der Waals surface area contributed by atoms with Crippen LogP contribution < -0.4 is 0 Å². The van der Waals surface area contributed by atoms with Gasteiger partial charge in [0.25, 0.3) is 0 Å². The van der Waals surface area contributed by atoms with Crippen LogP contribution >= 0.6 is 20.9 Å². The third kappa shape index (κ3) is 22.7. The molecular formula is C78H107S5+5. The summed E-state index contributed by atoms with van der Waals surface area (Å²) < 4.78 is 2.90. The van der Waals surface area contributed by atoms with E-state index in [2.05, 4.69) is 294 Å². The molecule has 5 heteroatoms. The van der Waals surface area contributed by atoms with Crippen LogP contribution in [0.2, 0.25) is 0 Å². The molecule has 7 aromatic carbocycles. The van der Waals surface area contributed by atoms with Crippen molar-refractivity contribution < 1.29 is 0 Å². The zero-order valence-electron chi connectivity index (χ0n) is 54.1. The number of hydrogen-bond donors (Lipinski definition) is 0. The summed E-state index contributed by atoms with van der Waals surface area (Å²) in [5.74, 6) is 7.40. The second kappa shape index (κ2) is 35.8. The Labute approximate surface area is 521 Å². The van der Waals surface area contributed by atoms with Gasteiger partial charge < -0.3 is 0 Å². The molecule has 0 bridgehead atoms. The van der Waals surface area contributed by atoms with Crippen molar-refractivity contribution in [2.24, 2.45) is 0 Å². The second-order valence-corrected chi connectivity index (χ2v) is 35.0. The van der Waals surface area contributed by atoms with Crippen molar-refractivity contribution in [2.45, 2.75) is 186 Å². The van der Waals surface area contributed by atoms with Gasteiger partial charge in [0.2, 0.25) is 0 Å². The van der Waals surface area contributed by atoms with Gasteiger partial charge in [0.1, 0.15) is 45.8 Å². The van der Waals surface area contributed by atoms with E-state index in [1.807, 2.05) is 13.8 Å². The van der Waals surface area contributed by atoms with Crippen molar-refractivity contribution in [3.8, 4) is 9.79 Å². The molecule has 0 saturated carbocycles. The van der Waals surface area contributed by atoms with Gasteiger partial charge in [-0.1, -0.05) is 213 Å². The van der Waals surface area contributed by atoms with Crippen LogP contribution in [0.25, 0.3) is 30.0 Å². The lowest BCUT2D eigenvalue weighted by molar-refractivity contribution is 0.589. The zero-order chi connectivity index (χ0) is 60.3. The zero-order valence-corrected chi connectivity index (χ0v) is 58.2. The van der Waals surface area contributed by atoms with E-state index in [4.69, 9.17) is 0 Å². The van der Waals surface area contributed by atoms with Gasteiger partial charge in [-0.2, -0.15) is 0 Å². The first-order valence-corrected chi connectivity index (χ1v) is 38.8. The molecule has 1 aliphatic rings. The van der Waals surface area contributed by atoms with Crippen molar-refractivity contribution in [2.75, 3.05) is 35.0 Å². The van der Waals surface area contributed by atoms with Crippen molar-refractivity contribution in [3.63, 3.8) is 0 Å². The molecule has 1 saturated heterocycles. The Balaban J connectivity index is 0.000000192. The molecule has 0 radical (unpaired) electrons. The second-order valence-electron chi connectivity index (χ2n) is 24.6. The third-order valence-electron chi connectivity index (χ3n) is 14.9. The first-order chi connectivity index (χ1) is 39.9. The van der Waals surface area contributed by atoms with E-state index in [0.29, 0.717) is 10.9 Å². The van der Waals surface area contributed by atoms with Gasteiger partial charge in [0.15, 0.2) is 33.9 Å². The summed E-state index contributed by atoms with van der Waals surface area (Å²) in [5, 5.41) is 7.37. The number of rotatable bonds is 14. The minimum Gasteiger partial charge on any atom is -0.0683 e. The van der Waals surface area contributed by atoms with Crippen LogP contribution in [-0.4, -0.2) is 35.0 Å². The molecule has 2 unspecified atom stereocenters. The lowest BCUT2D eigenvalue weighted by Gasteiger charge is -2.19. The Bertz CT molecular complexity index is 3040. The molecule has 1 aliphatic heterocycles. The van der Waals surface area contributed by atoms with Crippen molar-refractivity contribution >= 4 is 73.8 Å². The molecule has 0 spiro atoms. The number of unbranched alkanes of at least 4 members (excludes halogenated alkanes) is 3. The summed E-state index contributed by atoms with van der Waals surface area (Å²) in [6, 6.07) is 70.9. The maximum Gasteiger partial charge on any atom is 0.186 e. The quantitative estimate of drug-likeness (QED) is 0.0952. The molecule has 83 heavy (non-hydrogen) atoms. The van der Waals surface area contributed by atoms with Crippen LogP contribution in [0.3, 0.4) is 0 Å². The lowest BCUT2D eigenvalue weighted by atomic mass is 9.87. The number of fused-ring (bicyclic) bond motifs is 2. The molecule has 10 rings (SSSR count). The van der Waals surface area contributed by atoms with Gasteiger partial charge in [0.05, 0.1) is 10.9 Å². The maximum atomic E-state index is 2.33. The summed E-state index contributed by atoms with van der Waals surface area (Å²) in [4.78, 5) is 7.22. The highest BCUT2D eigenvalue weighted by Gasteiger charge is 2.25. The van der Waals surface area contributed by atoms with Crippen LogP contribution in [0.5, 0.6) is 0 Å². The van der Waals surface area contributed by atoms with E-state index in [1.165, 1.54) is 143 Å². The Morgan fingerprint density at radius 3 is 1.05 bits per heavy atom. The maximum absolute atomic E-state index is 2.33. The standard InChI is InChI=1S/C21H29S.C18H19S.C14H11S.C12H27S.C11H15S.C2H6/c1-20(2,3)16-8-12-18(13-9-16)22(7)19-14-10-17(11-15-19)21(4,5)6;1-18(2,3)15-8-10-16(11-9-15)19-13-12-14-6-4-5-7-17(14)19;1-2-7-13(8-3-1)15-11-10-12-6-4-5-9-14(12)15;1-4-7-10-13(11-8-5-2)12-9-6-3;1-3-7-11(8-4-1)12-9-5-2-6-10-12;1-2/h8-15H,1-7H3;4-13H,1-3H3;1-11H;4-12H2,1-3H3;1,3-4,7-8H,2,5-6,9-10H2;1-2H3/q5*+1;. The highest BCUT2D eigenvalue weighted by Crippen LogP contribution is 2.41.